The van der Waals surface area contributed by atoms with E-state index in [4.69, 9.17) is 25.8 Å². The number of hydrogen-bond acceptors (Lipinski definition) is 5. The molecule has 2 aromatic carbocycles. The largest absolute Gasteiger partial charge is 0.493 e. The summed E-state index contributed by atoms with van der Waals surface area (Å²) in [6.45, 7) is 1.76. The molecule has 0 heterocycles. The van der Waals surface area contributed by atoms with Crippen molar-refractivity contribution in [3.63, 3.8) is 0 Å². The first-order valence-electron chi connectivity index (χ1n) is 7.90. The zero-order chi connectivity index (χ0) is 19.1. The minimum Gasteiger partial charge on any atom is -0.493 e. The zero-order valence-corrected chi connectivity index (χ0v) is 15.5. The molecule has 138 valence electrons. The number of rotatable bonds is 7. The van der Waals surface area contributed by atoms with Crippen molar-refractivity contribution >= 4 is 23.5 Å². The molecule has 6 nitrogen and oxygen atoms in total. The highest BCUT2D eigenvalue weighted by Crippen LogP contribution is 2.27. The summed E-state index contributed by atoms with van der Waals surface area (Å²) in [6.07, 6.45) is -0.959. The van der Waals surface area contributed by atoms with Crippen molar-refractivity contribution in [2.24, 2.45) is 0 Å². The van der Waals surface area contributed by atoms with Gasteiger partial charge in [0.2, 0.25) is 0 Å². The molecule has 2 rings (SSSR count). The highest BCUT2D eigenvalue weighted by molar-refractivity contribution is 6.33. The van der Waals surface area contributed by atoms with E-state index in [9.17, 15) is 9.59 Å². The van der Waals surface area contributed by atoms with E-state index in [-0.39, 0.29) is 17.1 Å². The molecule has 0 saturated heterocycles. The van der Waals surface area contributed by atoms with Crippen LogP contribution in [0.5, 0.6) is 11.5 Å². The molecule has 0 aromatic heterocycles. The Morgan fingerprint density at radius 1 is 1.08 bits per heavy atom. The summed E-state index contributed by atoms with van der Waals surface area (Å²) in [5.41, 5.74) is 1.04. The van der Waals surface area contributed by atoms with Gasteiger partial charge in [-0.3, -0.25) is 4.79 Å². The molecule has 0 aliphatic heterocycles. The maximum absolute atomic E-state index is 12.2. The van der Waals surface area contributed by atoms with Crippen molar-refractivity contribution in [3.05, 3.63) is 58.6 Å². The van der Waals surface area contributed by atoms with Gasteiger partial charge in [-0.2, -0.15) is 0 Å². The quantitative estimate of drug-likeness (QED) is 0.750. The average molecular weight is 378 g/mol. The number of halogens is 1. The van der Waals surface area contributed by atoms with Crippen molar-refractivity contribution in [3.8, 4) is 11.5 Å². The van der Waals surface area contributed by atoms with Crippen LogP contribution in [0.3, 0.4) is 0 Å². The van der Waals surface area contributed by atoms with E-state index in [1.54, 1.807) is 43.5 Å². The summed E-state index contributed by atoms with van der Waals surface area (Å²) < 4.78 is 15.6. The molecule has 7 heteroatoms. The van der Waals surface area contributed by atoms with Gasteiger partial charge in [0, 0.05) is 6.54 Å². The van der Waals surface area contributed by atoms with Crippen LogP contribution in [0.4, 0.5) is 0 Å². The van der Waals surface area contributed by atoms with Crippen molar-refractivity contribution in [1.82, 2.24) is 5.32 Å². The molecule has 2 aromatic rings. The summed E-state index contributed by atoms with van der Waals surface area (Å²) in [7, 11) is 3.09. The third-order valence-corrected chi connectivity index (χ3v) is 3.99. The minimum atomic E-state index is -0.959. The van der Waals surface area contributed by atoms with Gasteiger partial charge in [-0.1, -0.05) is 29.8 Å². The Hall–Kier alpha value is -2.73. The fourth-order valence-electron chi connectivity index (χ4n) is 2.23. The van der Waals surface area contributed by atoms with E-state index < -0.39 is 18.0 Å². The lowest BCUT2D eigenvalue weighted by Gasteiger charge is -2.15. The molecule has 0 fully saturated rings. The molecular formula is C19H20ClNO5. The number of carbonyl (C=O) groups excluding carboxylic acids is 2. The van der Waals surface area contributed by atoms with Crippen LogP contribution in [0, 0.1) is 0 Å². The van der Waals surface area contributed by atoms with Gasteiger partial charge in [0.25, 0.3) is 5.91 Å². The highest BCUT2D eigenvalue weighted by Gasteiger charge is 2.20. The second-order valence-electron chi connectivity index (χ2n) is 5.43. The van der Waals surface area contributed by atoms with Crippen LogP contribution in [0.1, 0.15) is 22.8 Å². The molecule has 0 aliphatic rings. The monoisotopic (exact) mass is 377 g/mol. The Morgan fingerprint density at radius 2 is 1.77 bits per heavy atom. The summed E-state index contributed by atoms with van der Waals surface area (Å²) in [4.78, 5) is 24.3. The van der Waals surface area contributed by atoms with Gasteiger partial charge >= 0.3 is 5.97 Å². The molecule has 0 saturated carbocycles. The van der Waals surface area contributed by atoms with Gasteiger partial charge in [-0.25, -0.2) is 4.79 Å². The summed E-state index contributed by atoms with van der Waals surface area (Å²) in [5, 5.41) is 2.99. The zero-order valence-electron chi connectivity index (χ0n) is 14.7. The first-order chi connectivity index (χ1) is 12.5. The van der Waals surface area contributed by atoms with Gasteiger partial charge in [0.05, 0.1) is 24.8 Å². The van der Waals surface area contributed by atoms with Crippen molar-refractivity contribution in [2.75, 3.05) is 14.2 Å². The predicted octanol–water partition coefficient (Wildman–Crippen LogP) is 3.22. The number of benzene rings is 2. The minimum absolute atomic E-state index is 0.216. The smallest absolute Gasteiger partial charge is 0.340 e. The number of carbonyl (C=O) groups is 2. The standard InChI is InChI=1S/C19H20ClNO5/c1-12(26-19(23)14-6-4-5-7-15(14)20)18(22)21-11-13-8-9-16(24-2)17(10-13)25-3/h4-10,12H,11H2,1-3H3,(H,21,22). The molecule has 1 unspecified atom stereocenters. The van der Waals surface area contributed by atoms with Crippen molar-refractivity contribution in [2.45, 2.75) is 19.6 Å². The fraction of sp³-hybridized carbons (Fsp3) is 0.263. The molecule has 0 radical (unpaired) electrons. The number of methoxy groups -OCH3 is 2. The maximum atomic E-state index is 12.2. The van der Waals surface area contributed by atoms with Crippen LogP contribution >= 0.6 is 11.6 Å². The first-order valence-corrected chi connectivity index (χ1v) is 8.28. The Balaban J connectivity index is 1.93. The third kappa shape index (κ3) is 4.89. The van der Waals surface area contributed by atoms with Crippen molar-refractivity contribution in [1.29, 1.82) is 0 Å². The lowest BCUT2D eigenvalue weighted by molar-refractivity contribution is -0.129. The van der Waals surface area contributed by atoms with Gasteiger partial charge in [0.1, 0.15) is 0 Å². The molecule has 0 spiro atoms. The van der Waals surface area contributed by atoms with Gasteiger partial charge in [-0.05, 0) is 36.8 Å². The van der Waals surface area contributed by atoms with E-state index >= 15 is 0 Å². The van der Waals surface area contributed by atoms with E-state index in [1.807, 2.05) is 6.07 Å². The summed E-state index contributed by atoms with van der Waals surface area (Å²) in [6, 6.07) is 11.8. The van der Waals surface area contributed by atoms with Crippen LogP contribution in [0.2, 0.25) is 5.02 Å². The molecule has 1 atom stereocenters. The summed E-state index contributed by atoms with van der Waals surface area (Å²) >= 11 is 5.95. The van der Waals surface area contributed by atoms with Crippen LogP contribution in [-0.2, 0) is 16.1 Å². The first kappa shape index (κ1) is 19.6. The Morgan fingerprint density at radius 3 is 2.42 bits per heavy atom. The third-order valence-electron chi connectivity index (χ3n) is 3.66. The lowest BCUT2D eigenvalue weighted by Crippen LogP contribution is -2.35. The van der Waals surface area contributed by atoms with Crippen LogP contribution < -0.4 is 14.8 Å². The van der Waals surface area contributed by atoms with Gasteiger partial charge in [0.15, 0.2) is 17.6 Å². The molecule has 0 bridgehead atoms. The van der Waals surface area contributed by atoms with E-state index in [0.29, 0.717) is 11.5 Å². The normalized spacial score (nSPS) is 11.4. The Kier molecular flexibility index (Phi) is 6.86. The fourth-order valence-corrected chi connectivity index (χ4v) is 2.44. The summed E-state index contributed by atoms with van der Waals surface area (Å²) in [5.74, 6) is 0.103. The Labute approximate surface area is 157 Å². The number of amides is 1. The predicted molar refractivity (Wildman–Crippen MR) is 97.7 cm³/mol. The maximum Gasteiger partial charge on any atom is 0.340 e. The Bertz CT molecular complexity index is 793. The SMILES string of the molecule is COc1ccc(CNC(=O)C(C)OC(=O)c2ccccc2Cl)cc1OC. The van der Waals surface area contributed by atoms with Crippen LogP contribution in [0.25, 0.3) is 0 Å². The molecule has 1 N–H and O–H groups in total. The van der Waals surface area contributed by atoms with E-state index in [2.05, 4.69) is 5.32 Å². The van der Waals surface area contributed by atoms with Crippen LogP contribution in [-0.4, -0.2) is 32.2 Å². The van der Waals surface area contributed by atoms with E-state index in [0.717, 1.165) is 5.56 Å². The van der Waals surface area contributed by atoms with Gasteiger partial charge in [-0.15, -0.1) is 0 Å². The molecule has 26 heavy (non-hydrogen) atoms. The van der Waals surface area contributed by atoms with Crippen molar-refractivity contribution < 1.29 is 23.8 Å². The second-order valence-corrected chi connectivity index (χ2v) is 5.84. The molecule has 0 aliphatic carbocycles. The lowest BCUT2D eigenvalue weighted by atomic mass is 10.2. The second kappa shape index (κ2) is 9.10. The molecular weight excluding hydrogens is 358 g/mol. The van der Waals surface area contributed by atoms with Gasteiger partial charge < -0.3 is 19.5 Å². The van der Waals surface area contributed by atoms with E-state index in [1.165, 1.54) is 14.0 Å². The highest BCUT2D eigenvalue weighted by atomic mass is 35.5. The number of esters is 1. The number of nitrogens with one attached hydrogen (secondary N) is 1. The van der Waals surface area contributed by atoms with Crippen LogP contribution in [0.15, 0.2) is 42.5 Å². The number of ether oxygens (including phenoxy) is 3. The topological polar surface area (TPSA) is 73.9 Å². The molecule has 1 amide bonds. The average Bonchev–Trinajstić information content (AvgIpc) is 2.65. The number of hydrogen-bond donors (Lipinski definition) is 1.